The van der Waals surface area contributed by atoms with Crippen molar-refractivity contribution in [2.24, 2.45) is 0 Å². The van der Waals surface area contributed by atoms with Crippen molar-refractivity contribution in [2.45, 2.75) is 25.4 Å². The molecule has 2 aliphatic rings. The summed E-state index contributed by atoms with van der Waals surface area (Å²) < 4.78 is 12.9. The Morgan fingerprint density at radius 2 is 1.46 bits per heavy atom. The summed E-state index contributed by atoms with van der Waals surface area (Å²) in [5.74, 6) is -0.0752. The molecular formula is C42H36N4O4. The molecule has 0 fully saturated rings. The van der Waals surface area contributed by atoms with E-state index >= 15 is 0 Å². The second-order valence-corrected chi connectivity index (χ2v) is 12.5. The van der Waals surface area contributed by atoms with Crippen LogP contribution in [0.2, 0.25) is 0 Å². The Hall–Kier alpha value is -6.15. The topological polar surface area (TPSA) is 92.8 Å². The number of aromatic nitrogens is 1. The van der Waals surface area contributed by atoms with Crippen LogP contribution in [-0.2, 0) is 15.1 Å². The number of benzene rings is 5. The molecule has 5 aromatic carbocycles. The van der Waals surface area contributed by atoms with Crippen LogP contribution in [0.1, 0.15) is 52.5 Å². The first-order valence-corrected chi connectivity index (χ1v) is 17.0. The van der Waals surface area contributed by atoms with Crippen LogP contribution in [0, 0.1) is 0 Å². The van der Waals surface area contributed by atoms with E-state index in [-0.39, 0.29) is 12.5 Å². The molecule has 1 unspecified atom stereocenters. The van der Waals surface area contributed by atoms with Gasteiger partial charge in [0, 0.05) is 59.3 Å². The molecule has 0 aliphatic carbocycles. The lowest BCUT2D eigenvalue weighted by atomic mass is 9.77. The van der Waals surface area contributed by atoms with Crippen molar-refractivity contribution >= 4 is 39.7 Å². The van der Waals surface area contributed by atoms with Crippen LogP contribution in [0.15, 0.2) is 128 Å². The second kappa shape index (κ2) is 12.7. The molecule has 8 rings (SSSR count). The molecule has 3 heterocycles. The van der Waals surface area contributed by atoms with Crippen molar-refractivity contribution in [1.82, 2.24) is 4.98 Å². The van der Waals surface area contributed by atoms with Crippen molar-refractivity contribution in [3.05, 3.63) is 155 Å². The molecule has 6 aromatic rings. The Kier molecular flexibility index (Phi) is 7.91. The fourth-order valence-electron chi connectivity index (χ4n) is 7.32. The van der Waals surface area contributed by atoms with Gasteiger partial charge in [-0.05, 0) is 61.7 Å². The van der Waals surface area contributed by atoms with Crippen LogP contribution in [0.25, 0.3) is 10.8 Å². The van der Waals surface area contributed by atoms with E-state index < -0.39 is 17.5 Å². The van der Waals surface area contributed by atoms with Gasteiger partial charge < -0.3 is 25.0 Å². The van der Waals surface area contributed by atoms with E-state index in [4.69, 9.17) is 9.47 Å². The highest BCUT2D eigenvalue weighted by Crippen LogP contribution is 2.57. The number of ether oxygens (including phenoxy) is 2. The van der Waals surface area contributed by atoms with E-state index in [2.05, 4.69) is 40.4 Å². The fraction of sp³-hybridized carbons (Fsp3) is 0.167. The molecule has 1 amide bonds. The Bertz CT molecular complexity index is 2200. The highest BCUT2D eigenvalue weighted by molar-refractivity contribution is 6.05. The van der Waals surface area contributed by atoms with Crippen LogP contribution >= 0.6 is 0 Å². The number of rotatable bonds is 9. The zero-order chi connectivity index (χ0) is 34.2. The van der Waals surface area contributed by atoms with E-state index in [1.165, 1.54) is 0 Å². The maximum absolute atomic E-state index is 14.2. The number of pyridine rings is 1. The van der Waals surface area contributed by atoms with E-state index in [0.29, 0.717) is 28.4 Å². The first-order chi connectivity index (χ1) is 24.5. The number of carbonyl (C=O) groups is 2. The molecule has 1 spiro atoms. The number of hydrogen-bond donors (Lipinski definition) is 2. The number of carbonyl (C=O) groups excluding carboxylic acids is 2. The molecule has 0 bridgehead atoms. The number of para-hydroxylation sites is 2. The third-order valence-corrected chi connectivity index (χ3v) is 9.74. The quantitative estimate of drug-likeness (QED) is 0.150. The van der Waals surface area contributed by atoms with Gasteiger partial charge in [-0.15, -0.1) is 0 Å². The van der Waals surface area contributed by atoms with Gasteiger partial charge in [-0.25, -0.2) is 4.79 Å². The average molecular weight is 661 g/mol. The largest absolute Gasteiger partial charge is 0.456 e. The van der Waals surface area contributed by atoms with Crippen molar-refractivity contribution < 1.29 is 19.1 Å². The van der Waals surface area contributed by atoms with E-state index in [9.17, 15) is 9.59 Å². The van der Waals surface area contributed by atoms with Crippen molar-refractivity contribution in [1.29, 1.82) is 0 Å². The molecular weight excluding hydrogens is 624 g/mol. The second-order valence-electron chi connectivity index (χ2n) is 12.5. The molecule has 1 atom stereocenters. The maximum atomic E-state index is 14.2. The SMILES string of the molecule is CCN(CC)c1cc(NCC(C(=O)Nc2cccc3ccccc23)c2ccccn2)c2c(c1)C1(OC2=O)c2ccccc2Oc2ccccc21. The number of hydrogen-bond acceptors (Lipinski definition) is 7. The molecule has 0 saturated carbocycles. The summed E-state index contributed by atoms with van der Waals surface area (Å²) in [6.45, 7) is 5.91. The third-order valence-electron chi connectivity index (χ3n) is 9.74. The molecule has 248 valence electrons. The van der Waals surface area contributed by atoms with Crippen LogP contribution < -0.4 is 20.3 Å². The van der Waals surface area contributed by atoms with Gasteiger partial charge in [0.25, 0.3) is 0 Å². The van der Waals surface area contributed by atoms with Gasteiger partial charge in [-0.1, -0.05) is 78.9 Å². The highest BCUT2D eigenvalue weighted by Gasteiger charge is 2.54. The van der Waals surface area contributed by atoms with E-state index in [1.54, 1.807) is 6.20 Å². The minimum absolute atomic E-state index is 0.179. The number of anilines is 3. The number of nitrogens with one attached hydrogen (secondary N) is 2. The van der Waals surface area contributed by atoms with Gasteiger partial charge in [-0.2, -0.15) is 0 Å². The number of esters is 1. The minimum Gasteiger partial charge on any atom is -0.456 e. The minimum atomic E-state index is -1.22. The lowest BCUT2D eigenvalue weighted by Crippen LogP contribution is -2.33. The van der Waals surface area contributed by atoms with Gasteiger partial charge in [0.2, 0.25) is 5.91 Å². The fourth-order valence-corrected chi connectivity index (χ4v) is 7.32. The molecule has 8 heteroatoms. The van der Waals surface area contributed by atoms with E-state index in [0.717, 1.165) is 51.9 Å². The van der Waals surface area contributed by atoms with Crippen molar-refractivity contribution in [2.75, 3.05) is 35.2 Å². The molecule has 50 heavy (non-hydrogen) atoms. The summed E-state index contributed by atoms with van der Waals surface area (Å²) >= 11 is 0. The summed E-state index contributed by atoms with van der Waals surface area (Å²) in [5.41, 5.74) is 4.32. The Morgan fingerprint density at radius 3 is 2.18 bits per heavy atom. The predicted octanol–water partition coefficient (Wildman–Crippen LogP) is 8.48. The molecule has 0 saturated heterocycles. The Morgan fingerprint density at radius 1 is 0.780 bits per heavy atom. The Balaban J connectivity index is 1.23. The van der Waals surface area contributed by atoms with Crippen LogP contribution in [0.3, 0.4) is 0 Å². The zero-order valence-electron chi connectivity index (χ0n) is 27.9. The number of nitrogens with zero attached hydrogens (tertiary/aromatic N) is 2. The standard InChI is InChI=1S/C42H36N4O4/c1-3-46(4-2)28-24-33-39(41(48)50-42(33)31-17-7-9-21-37(31)49-38-22-10-8-18-32(38)42)36(25-28)44-26-30(34-19-11-12-23-43-34)40(47)45-35-20-13-15-27-14-5-6-16-29(27)35/h5-25,30,44H,3-4,26H2,1-2H3,(H,45,47). The number of amides is 1. The summed E-state index contributed by atoms with van der Waals surface area (Å²) in [6.07, 6.45) is 1.69. The summed E-state index contributed by atoms with van der Waals surface area (Å²) in [7, 11) is 0. The molecule has 0 radical (unpaired) electrons. The van der Waals surface area contributed by atoms with Gasteiger partial charge >= 0.3 is 5.97 Å². The van der Waals surface area contributed by atoms with E-state index in [1.807, 2.05) is 115 Å². The highest BCUT2D eigenvalue weighted by atomic mass is 16.6. The smallest absolute Gasteiger partial charge is 0.342 e. The Labute approximate surface area is 290 Å². The first-order valence-electron chi connectivity index (χ1n) is 17.0. The van der Waals surface area contributed by atoms with Crippen molar-refractivity contribution in [3.8, 4) is 11.5 Å². The van der Waals surface area contributed by atoms with Crippen LogP contribution in [0.4, 0.5) is 17.1 Å². The van der Waals surface area contributed by atoms with Gasteiger partial charge in [0.1, 0.15) is 11.5 Å². The lowest BCUT2D eigenvalue weighted by Gasteiger charge is -2.36. The summed E-state index contributed by atoms with van der Waals surface area (Å²) in [6, 6.07) is 38.8. The third kappa shape index (κ3) is 5.11. The summed E-state index contributed by atoms with van der Waals surface area (Å²) in [4.78, 5) is 35.2. The molecule has 2 N–H and O–H groups in total. The molecule has 2 aliphatic heterocycles. The van der Waals surface area contributed by atoms with Gasteiger partial charge in [0.05, 0.1) is 22.9 Å². The van der Waals surface area contributed by atoms with Gasteiger partial charge in [0.15, 0.2) is 5.60 Å². The number of fused-ring (bicyclic) bond motifs is 7. The van der Waals surface area contributed by atoms with Crippen LogP contribution in [-0.4, -0.2) is 36.5 Å². The van der Waals surface area contributed by atoms with Crippen molar-refractivity contribution in [3.63, 3.8) is 0 Å². The summed E-state index contributed by atoms with van der Waals surface area (Å²) in [5, 5.41) is 8.68. The predicted molar refractivity (Wildman–Crippen MR) is 196 cm³/mol. The monoisotopic (exact) mass is 660 g/mol. The maximum Gasteiger partial charge on any atom is 0.342 e. The van der Waals surface area contributed by atoms with Gasteiger partial charge in [-0.3, -0.25) is 9.78 Å². The molecule has 8 nitrogen and oxygen atoms in total. The molecule has 1 aromatic heterocycles. The lowest BCUT2D eigenvalue weighted by molar-refractivity contribution is -0.117. The zero-order valence-corrected chi connectivity index (χ0v) is 27.9. The average Bonchev–Trinajstić information content (AvgIpc) is 3.45. The normalized spacial score (nSPS) is 14.2. The van der Waals surface area contributed by atoms with Crippen LogP contribution in [0.5, 0.6) is 11.5 Å². The first kappa shape index (κ1) is 31.1.